The molecule has 0 spiro atoms. The summed E-state index contributed by atoms with van der Waals surface area (Å²) in [5.41, 5.74) is 0.307. The van der Waals surface area contributed by atoms with Gasteiger partial charge in [0.2, 0.25) is 0 Å². The van der Waals surface area contributed by atoms with Crippen LogP contribution in [0.15, 0.2) is 23.5 Å². The van der Waals surface area contributed by atoms with Gasteiger partial charge in [-0.3, -0.25) is 4.79 Å². The Morgan fingerprint density at radius 2 is 1.67 bits per heavy atom. The number of aliphatic carboxylic acids is 1. The molecule has 0 saturated heterocycles. The lowest BCUT2D eigenvalue weighted by Gasteiger charge is -2.69. The van der Waals surface area contributed by atoms with Crippen molar-refractivity contribution in [2.75, 3.05) is 0 Å². The van der Waals surface area contributed by atoms with Gasteiger partial charge in [0.15, 0.2) is 0 Å². The highest BCUT2D eigenvalue weighted by atomic mass is 16.4. The topological polar surface area (TPSA) is 118 Å². The molecule has 4 aliphatic carbocycles. The summed E-state index contributed by atoms with van der Waals surface area (Å²) in [6.45, 7) is 25.9. The second-order valence-corrected chi connectivity index (χ2v) is 17.8. The van der Waals surface area contributed by atoms with E-state index < -0.39 is 23.8 Å². The first-order valence-corrected chi connectivity index (χ1v) is 16.9. The molecule has 0 aromatic carbocycles. The first kappa shape index (κ1) is 34.5. The zero-order valence-electron chi connectivity index (χ0n) is 28.8. The second kappa shape index (κ2) is 10.9. The van der Waals surface area contributed by atoms with Gasteiger partial charge < -0.3 is 25.5 Å². The van der Waals surface area contributed by atoms with E-state index in [9.17, 15) is 30.3 Å². The van der Waals surface area contributed by atoms with Gasteiger partial charge >= 0.3 is 5.97 Å². The van der Waals surface area contributed by atoms with Crippen LogP contribution in [0.5, 0.6) is 0 Å². The third-order valence-corrected chi connectivity index (χ3v) is 14.1. The Balaban J connectivity index is 1.72. The highest BCUT2D eigenvalue weighted by Gasteiger charge is 2.69. The Morgan fingerprint density at radius 3 is 2.21 bits per heavy atom. The summed E-state index contributed by atoms with van der Waals surface area (Å²) in [5, 5.41) is 53.4. The van der Waals surface area contributed by atoms with E-state index in [4.69, 9.17) is 0 Å². The quantitative estimate of drug-likeness (QED) is 0.173. The van der Waals surface area contributed by atoms with Crippen molar-refractivity contribution < 1.29 is 30.3 Å². The maximum Gasteiger partial charge on any atom is 0.303 e. The molecule has 43 heavy (non-hydrogen) atoms. The van der Waals surface area contributed by atoms with Crippen molar-refractivity contribution in [3.63, 3.8) is 0 Å². The molecule has 3 saturated carbocycles. The zero-order chi connectivity index (χ0) is 32.7. The largest absolute Gasteiger partial charge is 0.512 e. The minimum absolute atomic E-state index is 0.0636. The van der Waals surface area contributed by atoms with Gasteiger partial charge in [0, 0.05) is 12.8 Å². The minimum Gasteiger partial charge on any atom is -0.512 e. The van der Waals surface area contributed by atoms with Crippen molar-refractivity contribution in [1.29, 1.82) is 0 Å². The van der Waals surface area contributed by atoms with Crippen molar-refractivity contribution in [2.24, 2.45) is 56.7 Å². The number of rotatable bonds is 9. The van der Waals surface area contributed by atoms with Crippen LogP contribution in [0.25, 0.3) is 0 Å². The fourth-order valence-electron chi connectivity index (χ4n) is 12.6. The normalized spacial score (nSPS) is 42.8. The number of carboxylic acid groups (broad SMARTS) is 1. The number of allylic oxidation sites excluding steroid dienone is 3. The van der Waals surface area contributed by atoms with Gasteiger partial charge in [0.25, 0.3) is 0 Å². The van der Waals surface area contributed by atoms with Crippen LogP contribution in [0.3, 0.4) is 0 Å². The summed E-state index contributed by atoms with van der Waals surface area (Å²) < 4.78 is 0. The van der Waals surface area contributed by atoms with Crippen LogP contribution in [0.1, 0.15) is 127 Å². The standard InChI is InChI=1S/C37H62O6/c1-21(2)30-32(4,5)27-19-25(38)29-24(35(27,9)20-34(30,8)15-14-28(40)41)13-16-36(10)23(12-17-37(29,36)11)22(3)18-26(39)31(42)33(6,7)43/h22-24,26-27,30-31,38-39,42-43H,1,12-20H2,2-11H3,(H,40,41)/t22-,23-,24-,26?,27-,30+,31?,34+,35+,36-,37+/m0/s1. The van der Waals surface area contributed by atoms with Crippen LogP contribution >= 0.6 is 0 Å². The Bertz CT molecular complexity index is 1150. The molecule has 6 heteroatoms. The molecule has 0 heterocycles. The van der Waals surface area contributed by atoms with Crippen LogP contribution < -0.4 is 0 Å². The van der Waals surface area contributed by atoms with Crippen molar-refractivity contribution >= 4 is 5.97 Å². The summed E-state index contributed by atoms with van der Waals surface area (Å²) in [5.74, 6) is 0.957. The summed E-state index contributed by atoms with van der Waals surface area (Å²) >= 11 is 0. The number of hydrogen-bond donors (Lipinski definition) is 5. The van der Waals surface area contributed by atoms with Crippen LogP contribution in [0.4, 0.5) is 0 Å². The maximum atomic E-state index is 12.1. The van der Waals surface area contributed by atoms with E-state index in [0.717, 1.165) is 37.7 Å². The molecule has 4 aliphatic rings. The van der Waals surface area contributed by atoms with Crippen LogP contribution in [0, 0.1) is 56.7 Å². The molecule has 0 aliphatic heterocycles. The fraction of sp³-hybridized carbons (Fsp3) is 0.865. The van der Waals surface area contributed by atoms with Crippen molar-refractivity contribution in [3.05, 3.63) is 23.5 Å². The maximum absolute atomic E-state index is 12.1. The molecule has 6 nitrogen and oxygen atoms in total. The van der Waals surface area contributed by atoms with E-state index in [1.54, 1.807) is 0 Å². The first-order chi connectivity index (χ1) is 19.5. The van der Waals surface area contributed by atoms with Gasteiger partial charge in [0.05, 0.1) is 17.5 Å². The number of fused-ring (bicyclic) bond motifs is 5. The highest BCUT2D eigenvalue weighted by molar-refractivity contribution is 5.66. The van der Waals surface area contributed by atoms with Gasteiger partial charge in [-0.05, 0) is 128 Å². The van der Waals surface area contributed by atoms with E-state index in [1.165, 1.54) is 19.4 Å². The smallest absolute Gasteiger partial charge is 0.303 e. The van der Waals surface area contributed by atoms with E-state index >= 15 is 0 Å². The number of carboxylic acids is 1. The number of carbonyl (C=O) groups is 1. The van der Waals surface area contributed by atoms with Gasteiger partial charge in [-0.15, -0.1) is 0 Å². The number of aliphatic hydroxyl groups is 4. The SMILES string of the molecule is C=C(C)[C@@H]1C(C)(C)[C@@H]2CC(O)=C3[C@H](CC[C@@]4(C)[C@H]([C@@H](C)CC(O)C(O)C(C)(C)O)CC[C@]34C)[C@@]2(C)C[C@@]1(C)CCC(=O)O. The third kappa shape index (κ3) is 5.23. The summed E-state index contributed by atoms with van der Waals surface area (Å²) in [6.07, 6.45) is 4.56. The Morgan fingerprint density at radius 1 is 1.07 bits per heavy atom. The molecule has 3 fully saturated rings. The predicted octanol–water partition coefficient (Wildman–Crippen LogP) is 7.67. The molecule has 0 aromatic rings. The molecule has 246 valence electrons. The molecule has 0 bridgehead atoms. The van der Waals surface area contributed by atoms with Crippen molar-refractivity contribution in [3.8, 4) is 0 Å². The lowest BCUT2D eigenvalue weighted by Crippen LogP contribution is -2.62. The van der Waals surface area contributed by atoms with Gasteiger partial charge in [0.1, 0.15) is 6.10 Å². The summed E-state index contributed by atoms with van der Waals surface area (Å²) in [6, 6.07) is 0. The molecule has 4 rings (SSSR count). The minimum atomic E-state index is -1.37. The van der Waals surface area contributed by atoms with E-state index in [-0.39, 0.29) is 57.2 Å². The number of aliphatic hydroxyl groups excluding tert-OH is 3. The number of hydrogen-bond acceptors (Lipinski definition) is 5. The average Bonchev–Trinajstić information content (AvgIpc) is 3.13. The molecule has 0 aromatic heterocycles. The van der Waals surface area contributed by atoms with Gasteiger partial charge in [-0.2, -0.15) is 0 Å². The van der Waals surface area contributed by atoms with Crippen LogP contribution in [-0.2, 0) is 4.79 Å². The molecule has 0 amide bonds. The van der Waals surface area contributed by atoms with Gasteiger partial charge in [-0.1, -0.05) is 60.6 Å². The molecular weight excluding hydrogens is 540 g/mol. The van der Waals surface area contributed by atoms with E-state index in [1.807, 2.05) is 0 Å². The average molecular weight is 603 g/mol. The molecular formula is C37H62O6. The van der Waals surface area contributed by atoms with Gasteiger partial charge in [-0.25, -0.2) is 0 Å². The Labute approximate surface area is 261 Å². The summed E-state index contributed by atoms with van der Waals surface area (Å²) in [7, 11) is 0. The fourth-order valence-corrected chi connectivity index (χ4v) is 12.6. The molecule has 0 radical (unpaired) electrons. The molecule has 2 unspecified atom stereocenters. The lowest BCUT2D eigenvalue weighted by molar-refractivity contribution is -0.162. The first-order valence-electron chi connectivity index (χ1n) is 16.9. The zero-order valence-corrected chi connectivity index (χ0v) is 28.8. The van der Waals surface area contributed by atoms with Crippen molar-refractivity contribution in [2.45, 2.75) is 145 Å². The van der Waals surface area contributed by atoms with E-state index in [2.05, 4.69) is 62.0 Å². The monoisotopic (exact) mass is 602 g/mol. The van der Waals surface area contributed by atoms with Crippen LogP contribution in [0.2, 0.25) is 0 Å². The van der Waals surface area contributed by atoms with Crippen molar-refractivity contribution in [1.82, 2.24) is 0 Å². The predicted molar refractivity (Wildman–Crippen MR) is 171 cm³/mol. The highest BCUT2D eigenvalue weighted by Crippen LogP contribution is 2.76. The molecule has 5 N–H and O–H groups in total. The van der Waals surface area contributed by atoms with E-state index in [0.29, 0.717) is 30.9 Å². The van der Waals surface area contributed by atoms with Crippen LogP contribution in [-0.4, -0.2) is 49.3 Å². The third-order valence-electron chi connectivity index (χ3n) is 14.1. The lowest BCUT2D eigenvalue weighted by atomic mass is 9.35. The molecule has 11 atom stereocenters. The Hall–Kier alpha value is -1.37. The Kier molecular flexibility index (Phi) is 8.72. The summed E-state index contributed by atoms with van der Waals surface area (Å²) in [4.78, 5) is 11.8. The second-order valence-electron chi connectivity index (χ2n) is 17.8.